The molecule has 0 radical (unpaired) electrons. The van der Waals surface area contributed by atoms with Gasteiger partial charge in [-0.25, -0.2) is 4.39 Å². The van der Waals surface area contributed by atoms with Crippen LogP contribution in [0.1, 0.15) is 16.8 Å². The topological polar surface area (TPSA) is 79.2 Å². The predicted molar refractivity (Wildman–Crippen MR) is 60.5 cm³/mol. The standard InChI is InChI=1S/C12H11FN2O3/c13-10-4-9(7-16)5-11(6-10)18-8-12(17)15-3-1-2-14/h4-7H,1,3,8H2,(H,15,17). The quantitative estimate of drug-likeness (QED) is 0.604. The molecule has 1 rings (SSSR count). The molecule has 0 heterocycles. The van der Waals surface area contributed by atoms with E-state index in [1.165, 1.54) is 6.07 Å². The van der Waals surface area contributed by atoms with E-state index in [4.69, 9.17) is 10.00 Å². The monoisotopic (exact) mass is 250 g/mol. The third kappa shape index (κ3) is 4.61. The number of nitriles is 1. The number of benzene rings is 1. The molecule has 0 aliphatic rings. The molecule has 1 aromatic carbocycles. The van der Waals surface area contributed by atoms with Gasteiger partial charge < -0.3 is 10.1 Å². The maximum absolute atomic E-state index is 13.0. The SMILES string of the molecule is N#CCCNC(=O)COc1cc(F)cc(C=O)c1. The number of amides is 1. The molecule has 1 aromatic rings. The van der Waals surface area contributed by atoms with Crippen LogP contribution in [0.25, 0.3) is 0 Å². The number of carbonyl (C=O) groups excluding carboxylic acids is 2. The molecule has 0 unspecified atom stereocenters. The predicted octanol–water partition coefficient (Wildman–Crippen LogP) is 1.05. The van der Waals surface area contributed by atoms with E-state index in [1.54, 1.807) is 0 Å². The van der Waals surface area contributed by atoms with E-state index in [0.29, 0.717) is 6.29 Å². The Balaban J connectivity index is 2.48. The maximum Gasteiger partial charge on any atom is 0.257 e. The van der Waals surface area contributed by atoms with Gasteiger partial charge in [0.05, 0.1) is 12.5 Å². The molecule has 0 aromatic heterocycles. The Bertz CT molecular complexity index is 483. The molecule has 1 amide bonds. The molecule has 0 saturated carbocycles. The third-order valence-corrected chi connectivity index (χ3v) is 1.96. The summed E-state index contributed by atoms with van der Waals surface area (Å²) in [5.41, 5.74) is 0.134. The Morgan fingerprint density at radius 2 is 2.28 bits per heavy atom. The molecule has 0 atom stereocenters. The van der Waals surface area contributed by atoms with Gasteiger partial charge in [-0.2, -0.15) is 5.26 Å². The van der Waals surface area contributed by atoms with E-state index in [9.17, 15) is 14.0 Å². The molecule has 0 aliphatic heterocycles. The van der Waals surface area contributed by atoms with Gasteiger partial charge in [0, 0.05) is 18.2 Å². The summed E-state index contributed by atoms with van der Waals surface area (Å²) in [5, 5.41) is 10.7. The lowest BCUT2D eigenvalue weighted by molar-refractivity contribution is -0.123. The van der Waals surface area contributed by atoms with Gasteiger partial charge in [0.2, 0.25) is 0 Å². The summed E-state index contributed by atoms with van der Waals surface area (Å²) in [4.78, 5) is 21.7. The zero-order valence-corrected chi connectivity index (χ0v) is 9.48. The van der Waals surface area contributed by atoms with Crippen molar-refractivity contribution in [2.24, 2.45) is 0 Å². The van der Waals surface area contributed by atoms with Crippen molar-refractivity contribution in [3.8, 4) is 11.8 Å². The fourth-order valence-electron chi connectivity index (χ4n) is 1.19. The first-order chi connectivity index (χ1) is 8.65. The normalized spacial score (nSPS) is 9.33. The van der Waals surface area contributed by atoms with Gasteiger partial charge in [0.15, 0.2) is 6.61 Å². The average Bonchev–Trinajstić information content (AvgIpc) is 2.36. The zero-order valence-electron chi connectivity index (χ0n) is 9.48. The molecule has 0 bridgehead atoms. The minimum absolute atomic E-state index is 0.104. The molecule has 0 fully saturated rings. The van der Waals surface area contributed by atoms with Crippen LogP contribution >= 0.6 is 0 Å². The second-order valence-electron chi connectivity index (χ2n) is 3.38. The Kier molecular flexibility index (Phi) is 5.32. The van der Waals surface area contributed by atoms with Crippen molar-refractivity contribution in [3.63, 3.8) is 0 Å². The molecule has 5 nitrogen and oxygen atoms in total. The number of hydrogen-bond donors (Lipinski definition) is 1. The van der Waals surface area contributed by atoms with E-state index >= 15 is 0 Å². The summed E-state index contributed by atoms with van der Waals surface area (Å²) in [5.74, 6) is -0.922. The second-order valence-corrected chi connectivity index (χ2v) is 3.38. The van der Waals surface area contributed by atoms with Gasteiger partial charge >= 0.3 is 0 Å². The minimum atomic E-state index is -0.612. The van der Waals surface area contributed by atoms with Gasteiger partial charge in [-0.05, 0) is 12.1 Å². The van der Waals surface area contributed by atoms with Crippen molar-refractivity contribution in [1.82, 2.24) is 5.32 Å². The summed E-state index contributed by atoms with van der Waals surface area (Å²) in [6.45, 7) is -0.0609. The Morgan fingerprint density at radius 3 is 2.94 bits per heavy atom. The maximum atomic E-state index is 13.0. The molecule has 6 heteroatoms. The van der Waals surface area contributed by atoms with Gasteiger partial charge in [-0.15, -0.1) is 0 Å². The third-order valence-electron chi connectivity index (χ3n) is 1.96. The van der Waals surface area contributed by atoms with E-state index in [-0.39, 0.29) is 30.9 Å². The first-order valence-electron chi connectivity index (χ1n) is 5.18. The van der Waals surface area contributed by atoms with Crippen LogP contribution in [0.4, 0.5) is 4.39 Å². The van der Waals surface area contributed by atoms with Crippen molar-refractivity contribution in [1.29, 1.82) is 5.26 Å². The van der Waals surface area contributed by atoms with Gasteiger partial charge in [-0.3, -0.25) is 9.59 Å². The van der Waals surface area contributed by atoms with Crippen LogP contribution in [-0.4, -0.2) is 25.3 Å². The first kappa shape index (κ1) is 13.6. The van der Waals surface area contributed by atoms with E-state index < -0.39 is 11.7 Å². The van der Waals surface area contributed by atoms with Crippen molar-refractivity contribution >= 4 is 12.2 Å². The highest BCUT2D eigenvalue weighted by atomic mass is 19.1. The van der Waals surface area contributed by atoms with Crippen LogP contribution in [0, 0.1) is 17.1 Å². The van der Waals surface area contributed by atoms with Crippen molar-refractivity contribution in [2.75, 3.05) is 13.2 Å². The van der Waals surface area contributed by atoms with Gasteiger partial charge in [-0.1, -0.05) is 0 Å². The second kappa shape index (κ2) is 7.01. The van der Waals surface area contributed by atoms with Crippen LogP contribution < -0.4 is 10.1 Å². The molecule has 0 saturated heterocycles. The van der Waals surface area contributed by atoms with Crippen LogP contribution in [0.3, 0.4) is 0 Å². The lowest BCUT2D eigenvalue weighted by Crippen LogP contribution is -2.29. The van der Waals surface area contributed by atoms with Crippen LogP contribution in [0.2, 0.25) is 0 Å². The van der Waals surface area contributed by atoms with Crippen LogP contribution in [0.15, 0.2) is 18.2 Å². The van der Waals surface area contributed by atoms with Crippen molar-refractivity contribution in [2.45, 2.75) is 6.42 Å². The number of rotatable bonds is 6. The highest BCUT2D eigenvalue weighted by molar-refractivity contribution is 5.78. The lowest BCUT2D eigenvalue weighted by atomic mass is 10.2. The van der Waals surface area contributed by atoms with E-state index in [2.05, 4.69) is 5.32 Å². The molecular formula is C12H11FN2O3. The molecule has 0 spiro atoms. The zero-order chi connectivity index (χ0) is 13.4. The smallest absolute Gasteiger partial charge is 0.257 e. The summed E-state index contributed by atoms with van der Waals surface area (Å²) in [6, 6.07) is 5.35. The van der Waals surface area contributed by atoms with Crippen molar-refractivity contribution < 1.29 is 18.7 Å². The summed E-state index contributed by atoms with van der Waals surface area (Å²) in [6.07, 6.45) is 0.698. The Morgan fingerprint density at radius 1 is 1.50 bits per heavy atom. The van der Waals surface area contributed by atoms with E-state index in [1.807, 2.05) is 6.07 Å². The first-order valence-corrected chi connectivity index (χ1v) is 5.18. The number of carbonyl (C=O) groups is 2. The molecule has 18 heavy (non-hydrogen) atoms. The number of ether oxygens (including phenoxy) is 1. The Labute approximate surface area is 103 Å². The minimum Gasteiger partial charge on any atom is -0.484 e. The largest absolute Gasteiger partial charge is 0.484 e. The lowest BCUT2D eigenvalue weighted by Gasteiger charge is -2.07. The highest BCUT2D eigenvalue weighted by Gasteiger charge is 2.04. The van der Waals surface area contributed by atoms with Gasteiger partial charge in [0.25, 0.3) is 5.91 Å². The molecule has 94 valence electrons. The average molecular weight is 250 g/mol. The van der Waals surface area contributed by atoms with Crippen molar-refractivity contribution in [3.05, 3.63) is 29.6 Å². The fourth-order valence-corrected chi connectivity index (χ4v) is 1.19. The van der Waals surface area contributed by atoms with Crippen LogP contribution in [-0.2, 0) is 4.79 Å². The number of aldehydes is 1. The summed E-state index contributed by atoms with van der Waals surface area (Å²) in [7, 11) is 0. The van der Waals surface area contributed by atoms with Gasteiger partial charge in [0.1, 0.15) is 17.9 Å². The fraction of sp³-hybridized carbons (Fsp3) is 0.250. The van der Waals surface area contributed by atoms with Crippen LogP contribution in [0.5, 0.6) is 5.75 Å². The van der Waals surface area contributed by atoms with E-state index in [0.717, 1.165) is 12.1 Å². The Hall–Kier alpha value is -2.42. The summed E-state index contributed by atoms with van der Waals surface area (Å²) >= 11 is 0. The number of nitrogens with zero attached hydrogens (tertiary/aromatic N) is 1. The molecule has 0 aliphatic carbocycles. The number of nitrogens with one attached hydrogen (secondary N) is 1. The molecule has 1 N–H and O–H groups in total. The summed E-state index contributed by atoms with van der Waals surface area (Å²) < 4.78 is 18.0. The number of hydrogen-bond acceptors (Lipinski definition) is 4. The number of halogens is 1. The molecular weight excluding hydrogens is 239 g/mol. The highest BCUT2D eigenvalue weighted by Crippen LogP contribution is 2.15.